The summed E-state index contributed by atoms with van der Waals surface area (Å²) in [5.41, 5.74) is 31.2. The molecule has 4 nitrogen and oxygen atoms in total. The maximum Gasteiger partial charge on any atom is 0.252 e. The minimum absolute atomic E-state index is 0.0522. The lowest BCUT2D eigenvalue weighted by atomic mass is 9.33. The third kappa shape index (κ3) is 7.33. The number of anilines is 6. The van der Waals surface area contributed by atoms with Crippen LogP contribution in [0.15, 0.2) is 223 Å². The number of benzene rings is 11. The molecule has 13 aromatic rings. The van der Waals surface area contributed by atoms with E-state index in [1.54, 1.807) is 0 Å². The predicted molar refractivity (Wildman–Crippen MR) is 357 cm³/mol. The highest BCUT2D eigenvalue weighted by molar-refractivity contribution is 7.00. The molecule has 2 aromatic heterocycles. The Morgan fingerprint density at radius 2 is 1.02 bits per heavy atom. The van der Waals surface area contributed by atoms with Crippen molar-refractivity contribution in [3.8, 4) is 39.1 Å². The van der Waals surface area contributed by atoms with Gasteiger partial charge in [0.15, 0.2) is 0 Å². The lowest BCUT2D eigenvalue weighted by molar-refractivity contribution is 0.590. The molecule has 4 heterocycles. The van der Waals surface area contributed by atoms with E-state index in [9.17, 15) is 0 Å². The monoisotopic (exact) mass is 1080 g/mol. The standard InChI is InChI=1S/C79H66BN3O/c1-47-39-51(56-26-20-27-60-59-25-16-19-30-73(59)84-76(56)60)40-48(2)75(47)83-69-42-52(77(3,4)5)34-38-65(69)80-66-45-62-58-24-15-18-29-67(58)81(54-21-12-11-13-22-54)68(62)46-70(66)82(71-43-53(78(6,7)8)44-72(83)74(71)80)55-35-31-49(32-36-55)50-33-37-64-61(41-50)57-23-14-17-28-63(57)79(64,9)10/h11-46H,1-10H3. The van der Waals surface area contributed by atoms with Crippen LogP contribution in [-0.2, 0) is 16.2 Å². The van der Waals surface area contributed by atoms with E-state index in [-0.39, 0.29) is 23.0 Å². The number of hydrogen-bond donors (Lipinski definition) is 0. The van der Waals surface area contributed by atoms with Crippen LogP contribution in [0.25, 0.3) is 82.8 Å². The number of furan rings is 1. The molecule has 1 aliphatic carbocycles. The zero-order valence-corrected chi connectivity index (χ0v) is 49.6. The first-order chi connectivity index (χ1) is 40.5. The Morgan fingerprint density at radius 1 is 0.405 bits per heavy atom. The van der Waals surface area contributed by atoms with Crippen molar-refractivity contribution in [2.45, 2.75) is 85.5 Å². The lowest BCUT2D eigenvalue weighted by Gasteiger charge is -2.46. The van der Waals surface area contributed by atoms with E-state index in [0.717, 1.165) is 44.4 Å². The van der Waals surface area contributed by atoms with Gasteiger partial charge in [0.25, 0.3) is 6.71 Å². The number of aromatic nitrogens is 1. The van der Waals surface area contributed by atoms with Crippen molar-refractivity contribution < 1.29 is 4.42 Å². The molecule has 11 aromatic carbocycles. The summed E-state index contributed by atoms with van der Waals surface area (Å²) in [5.74, 6) is 0. The first-order valence-electron chi connectivity index (χ1n) is 29.9. The number of para-hydroxylation sites is 4. The highest BCUT2D eigenvalue weighted by Gasteiger charge is 2.46. The normalized spacial score (nSPS) is 14.1. The average molecular weight is 1080 g/mol. The average Bonchev–Trinajstić information content (AvgIpc) is 1.31. The lowest BCUT2D eigenvalue weighted by Crippen LogP contribution is -2.61. The predicted octanol–water partition coefficient (Wildman–Crippen LogP) is 19.6. The first kappa shape index (κ1) is 50.4. The van der Waals surface area contributed by atoms with Crippen LogP contribution in [0.3, 0.4) is 0 Å². The van der Waals surface area contributed by atoms with Gasteiger partial charge in [-0.05, 0) is 181 Å². The molecule has 16 rings (SSSR count). The van der Waals surface area contributed by atoms with Crippen LogP contribution >= 0.6 is 0 Å². The van der Waals surface area contributed by atoms with Crippen LogP contribution in [0.2, 0.25) is 0 Å². The molecule has 0 spiro atoms. The molecule has 0 saturated carbocycles. The molecule has 0 unspecified atom stereocenters. The van der Waals surface area contributed by atoms with Gasteiger partial charge in [0.1, 0.15) is 11.2 Å². The van der Waals surface area contributed by atoms with Gasteiger partial charge >= 0.3 is 0 Å². The van der Waals surface area contributed by atoms with Crippen LogP contribution in [0.4, 0.5) is 34.1 Å². The third-order valence-corrected chi connectivity index (χ3v) is 19.1. The van der Waals surface area contributed by atoms with E-state index >= 15 is 0 Å². The van der Waals surface area contributed by atoms with Crippen molar-refractivity contribution in [1.82, 2.24) is 4.57 Å². The number of rotatable bonds is 5. The van der Waals surface area contributed by atoms with Gasteiger partial charge in [0.2, 0.25) is 0 Å². The Morgan fingerprint density at radius 3 is 1.79 bits per heavy atom. The van der Waals surface area contributed by atoms with Gasteiger partial charge in [-0.3, -0.25) is 0 Å². The summed E-state index contributed by atoms with van der Waals surface area (Å²) in [4.78, 5) is 5.27. The second-order valence-corrected chi connectivity index (χ2v) is 26.6. The van der Waals surface area contributed by atoms with Crippen LogP contribution in [0.1, 0.15) is 88.8 Å². The number of hydrogen-bond acceptors (Lipinski definition) is 3. The van der Waals surface area contributed by atoms with Gasteiger partial charge in [-0.15, -0.1) is 0 Å². The van der Waals surface area contributed by atoms with Gasteiger partial charge < -0.3 is 18.8 Å². The summed E-state index contributed by atoms with van der Waals surface area (Å²) >= 11 is 0. The Balaban J connectivity index is 0.959. The highest BCUT2D eigenvalue weighted by Crippen LogP contribution is 2.52. The van der Waals surface area contributed by atoms with Crippen molar-refractivity contribution in [3.63, 3.8) is 0 Å². The fourth-order valence-corrected chi connectivity index (χ4v) is 14.9. The molecule has 2 aliphatic heterocycles. The molecule has 84 heavy (non-hydrogen) atoms. The number of aryl methyl sites for hydroxylation is 2. The van der Waals surface area contributed by atoms with E-state index in [1.807, 2.05) is 0 Å². The number of fused-ring (bicyclic) bond motifs is 13. The van der Waals surface area contributed by atoms with Crippen molar-refractivity contribution in [1.29, 1.82) is 0 Å². The molecular weight excluding hydrogens is 1020 g/mol. The first-order valence-corrected chi connectivity index (χ1v) is 29.9. The van der Waals surface area contributed by atoms with E-state index in [4.69, 9.17) is 4.42 Å². The van der Waals surface area contributed by atoms with E-state index in [2.05, 4.69) is 302 Å². The van der Waals surface area contributed by atoms with E-state index in [0.29, 0.717) is 0 Å². The Labute approximate surface area is 493 Å². The Bertz CT molecular complexity index is 4900. The molecule has 0 saturated heterocycles. The molecule has 0 amide bonds. The van der Waals surface area contributed by atoms with Crippen molar-refractivity contribution in [2.75, 3.05) is 9.80 Å². The zero-order chi connectivity index (χ0) is 57.3. The smallest absolute Gasteiger partial charge is 0.252 e. The summed E-state index contributed by atoms with van der Waals surface area (Å²) < 4.78 is 9.16. The maximum atomic E-state index is 6.69. The van der Waals surface area contributed by atoms with Crippen molar-refractivity contribution in [3.05, 3.63) is 252 Å². The highest BCUT2D eigenvalue weighted by atomic mass is 16.3. The molecule has 0 atom stereocenters. The summed E-state index contributed by atoms with van der Waals surface area (Å²) in [6.07, 6.45) is 0. The quantitative estimate of drug-likeness (QED) is 0.161. The summed E-state index contributed by atoms with van der Waals surface area (Å²) in [6, 6.07) is 82.7. The van der Waals surface area contributed by atoms with Crippen LogP contribution in [0.5, 0.6) is 0 Å². The molecule has 3 aliphatic rings. The molecule has 0 radical (unpaired) electrons. The summed E-state index contributed by atoms with van der Waals surface area (Å²) in [5, 5.41) is 4.77. The fourth-order valence-electron chi connectivity index (χ4n) is 14.9. The zero-order valence-electron chi connectivity index (χ0n) is 49.6. The van der Waals surface area contributed by atoms with Gasteiger partial charge in [-0.25, -0.2) is 0 Å². The fraction of sp³-hybridized carbons (Fsp3) is 0.165. The second-order valence-electron chi connectivity index (χ2n) is 26.6. The van der Waals surface area contributed by atoms with Gasteiger partial charge in [0, 0.05) is 66.6 Å². The van der Waals surface area contributed by atoms with Gasteiger partial charge in [-0.1, -0.05) is 195 Å². The summed E-state index contributed by atoms with van der Waals surface area (Å²) in [7, 11) is 0. The molecular formula is C79H66BN3O. The minimum Gasteiger partial charge on any atom is -0.455 e. The van der Waals surface area contributed by atoms with Crippen LogP contribution < -0.4 is 26.2 Å². The molecule has 406 valence electrons. The van der Waals surface area contributed by atoms with Gasteiger partial charge in [0.05, 0.1) is 16.7 Å². The third-order valence-electron chi connectivity index (χ3n) is 19.1. The summed E-state index contributed by atoms with van der Waals surface area (Å²) in [6.45, 7) is 23.4. The Hall–Kier alpha value is -9.32. The van der Waals surface area contributed by atoms with Gasteiger partial charge in [-0.2, -0.15) is 0 Å². The minimum atomic E-state index is -0.195. The largest absolute Gasteiger partial charge is 0.455 e. The Kier molecular flexibility index (Phi) is 10.7. The SMILES string of the molecule is Cc1cc(-c2cccc3c2oc2ccccc23)cc(C)c1N1c2cc(C(C)(C)C)ccc2B2c3cc4c5ccccc5n(-c5ccccc5)c4cc3N(c3ccc(-c4ccc5c(c4)-c4ccccc4C5(C)C)cc3)c3cc(C(C)(C)C)cc1c32. The van der Waals surface area contributed by atoms with Crippen LogP contribution in [-0.4, -0.2) is 11.3 Å². The van der Waals surface area contributed by atoms with Crippen molar-refractivity contribution in [2.24, 2.45) is 0 Å². The topological polar surface area (TPSA) is 24.6 Å². The molecule has 0 fully saturated rings. The molecule has 5 heteroatoms. The van der Waals surface area contributed by atoms with E-state index < -0.39 is 0 Å². The second kappa shape index (κ2) is 17.8. The molecule has 0 N–H and O–H groups in total. The van der Waals surface area contributed by atoms with E-state index in [1.165, 1.54) is 122 Å². The van der Waals surface area contributed by atoms with Crippen LogP contribution in [0, 0.1) is 13.8 Å². The maximum absolute atomic E-state index is 6.69. The number of nitrogens with zero attached hydrogens (tertiary/aromatic N) is 3. The molecule has 0 bridgehead atoms. The van der Waals surface area contributed by atoms with Crippen molar-refractivity contribution >= 4 is 101 Å².